The molecule has 0 saturated carbocycles. The monoisotopic (exact) mass is 289 g/mol. The highest BCUT2D eigenvalue weighted by Crippen LogP contribution is 2.34. The maximum absolute atomic E-state index is 12.9. The predicted molar refractivity (Wildman–Crippen MR) is 65.0 cm³/mol. The van der Waals surface area contributed by atoms with Crippen LogP contribution in [0.3, 0.4) is 0 Å². The zero-order valence-corrected chi connectivity index (χ0v) is 10.6. The number of carboxylic acids is 1. The lowest BCUT2D eigenvalue weighted by atomic mass is 9.98. The average molecular weight is 289 g/mol. The minimum Gasteiger partial charge on any atom is -0.481 e. The molecule has 0 aromatic heterocycles. The van der Waals surface area contributed by atoms with Gasteiger partial charge in [-0.2, -0.15) is 13.2 Å². The highest BCUT2D eigenvalue weighted by Gasteiger charge is 2.41. The molecule has 110 valence electrons. The summed E-state index contributed by atoms with van der Waals surface area (Å²) in [6, 6.07) is 7.14. The van der Waals surface area contributed by atoms with Crippen LogP contribution in [0.5, 0.6) is 0 Å². The Morgan fingerprint density at radius 1 is 1.25 bits per heavy atom. The normalized spacial score (nSPS) is 14.4. The van der Waals surface area contributed by atoms with E-state index in [-0.39, 0.29) is 5.56 Å². The van der Waals surface area contributed by atoms with E-state index in [0.29, 0.717) is 0 Å². The van der Waals surface area contributed by atoms with Crippen LogP contribution in [-0.2, 0) is 9.59 Å². The molecule has 0 aliphatic rings. The van der Waals surface area contributed by atoms with Crippen LogP contribution in [0.25, 0.3) is 0 Å². The second-order valence-corrected chi connectivity index (χ2v) is 4.31. The summed E-state index contributed by atoms with van der Waals surface area (Å²) in [5.41, 5.74) is 0.0169. The fraction of sp³-hybridized carbons (Fsp3) is 0.385. The first-order valence-corrected chi connectivity index (χ1v) is 5.85. The molecule has 0 saturated heterocycles. The van der Waals surface area contributed by atoms with E-state index in [1.807, 2.05) is 5.32 Å². The van der Waals surface area contributed by atoms with Gasteiger partial charge in [0, 0.05) is 6.54 Å². The third-order valence-corrected chi connectivity index (χ3v) is 2.84. The SMILES string of the molecule is CC(C(=O)O)C(=O)NCC(c1ccccc1)C(F)(F)F. The fourth-order valence-corrected chi connectivity index (χ4v) is 1.58. The number of benzene rings is 1. The second-order valence-electron chi connectivity index (χ2n) is 4.31. The molecule has 0 aliphatic carbocycles. The number of halogens is 3. The van der Waals surface area contributed by atoms with Crippen molar-refractivity contribution in [2.45, 2.75) is 19.0 Å². The van der Waals surface area contributed by atoms with Gasteiger partial charge < -0.3 is 10.4 Å². The summed E-state index contributed by atoms with van der Waals surface area (Å²) in [5, 5.41) is 10.6. The molecule has 2 atom stereocenters. The highest BCUT2D eigenvalue weighted by molar-refractivity contribution is 5.96. The molecular weight excluding hydrogens is 275 g/mol. The Labute approximate surface area is 113 Å². The van der Waals surface area contributed by atoms with E-state index in [1.165, 1.54) is 24.3 Å². The van der Waals surface area contributed by atoms with E-state index in [4.69, 9.17) is 5.11 Å². The summed E-state index contributed by atoms with van der Waals surface area (Å²) >= 11 is 0. The number of hydrogen-bond acceptors (Lipinski definition) is 2. The molecule has 1 aromatic rings. The summed E-state index contributed by atoms with van der Waals surface area (Å²) in [7, 11) is 0. The van der Waals surface area contributed by atoms with Gasteiger partial charge in [0.05, 0.1) is 5.92 Å². The van der Waals surface area contributed by atoms with Crippen molar-refractivity contribution in [2.24, 2.45) is 5.92 Å². The number of carbonyl (C=O) groups excluding carboxylic acids is 1. The van der Waals surface area contributed by atoms with Gasteiger partial charge in [-0.05, 0) is 12.5 Å². The van der Waals surface area contributed by atoms with E-state index in [0.717, 1.165) is 6.92 Å². The number of carboxylic acid groups (broad SMARTS) is 1. The van der Waals surface area contributed by atoms with Crippen molar-refractivity contribution >= 4 is 11.9 Å². The van der Waals surface area contributed by atoms with Crippen LogP contribution >= 0.6 is 0 Å². The number of aliphatic carboxylic acids is 1. The fourth-order valence-electron chi connectivity index (χ4n) is 1.58. The maximum atomic E-state index is 12.9. The number of amides is 1. The number of alkyl halides is 3. The van der Waals surface area contributed by atoms with Crippen LogP contribution in [0.15, 0.2) is 30.3 Å². The highest BCUT2D eigenvalue weighted by atomic mass is 19.4. The lowest BCUT2D eigenvalue weighted by Crippen LogP contribution is -2.39. The third kappa shape index (κ3) is 4.25. The van der Waals surface area contributed by atoms with E-state index in [1.54, 1.807) is 6.07 Å². The van der Waals surface area contributed by atoms with Gasteiger partial charge in [-0.25, -0.2) is 0 Å². The van der Waals surface area contributed by atoms with E-state index in [9.17, 15) is 22.8 Å². The van der Waals surface area contributed by atoms with Crippen LogP contribution in [0.2, 0.25) is 0 Å². The Bertz CT molecular complexity index is 473. The molecule has 0 bridgehead atoms. The van der Waals surface area contributed by atoms with E-state index < -0.39 is 36.4 Å². The van der Waals surface area contributed by atoms with E-state index in [2.05, 4.69) is 0 Å². The van der Waals surface area contributed by atoms with Gasteiger partial charge in [0.2, 0.25) is 5.91 Å². The molecule has 1 aromatic carbocycles. The first kappa shape index (κ1) is 16.0. The molecular formula is C13H14F3NO3. The van der Waals surface area contributed by atoms with Crippen molar-refractivity contribution in [2.75, 3.05) is 6.54 Å². The molecule has 0 heterocycles. The molecule has 0 radical (unpaired) electrons. The molecule has 1 rings (SSSR count). The predicted octanol–water partition coefficient (Wildman–Crippen LogP) is 2.17. The largest absolute Gasteiger partial charge is 0.481 e. The van der Waals surface area contributed by atoms with Gasteiger partial charge in [-0.1, -0.05) is 30.3 Å². The van der Waals surface area contributed by atoms with Gasteiger partial charge in [0.25, 0.3) is 0 Å². The summed E-state index contributed by atoms with van der Waals surface area (Å²) in [4.78, 5) is 22.0. The van der Waals surface area contributed by atoms with Crippen molar-refractivity contribution in [1.82, 2.24) is 5.32 Å². The van der Waals surface area contributed by atoms with Crippen molar-refractivity contribution in [3.63, 3.8) is 0 Å². The van der Waals surface area contributed by atoms with Crippen molar-refractivity contribution in [3.8, 4) is 0 Å². The number of rotatable bonds is 5. The zero-order valence-electron chi connectivity index (χ0n) is 10.6. The van der Waals surface area contributed by atoms with Crippen LogP contribution in [0.1, 0.15) is 18.4 Å². The van der Waals surface area contributed by atoms with Gasteiger partial charge >= 0.3 is 12.1 Å². The van der Waals surface area contributed by atoms with Crippen molar-refractivity contribution in [3.05, 3.63) is 35.9 Å². The molecule has 7 heteroatoms. The van der Waals surface area contributed by atoms with Crippen LogP contribution in [0, 0.1) is 5.92 Å². The van der Waals surface area contributed by atoms with Gasteiger partial charge in [0.1, 0.15) is 5.92 Å². The molecule has 0 spiro atoms. The Morgan fingerprint density at radius 3 is 2.25 bits per heavy atom. The van der Waals surface area contributed by atoms with Gasteiger partial charge in [0.15, 0.2) is 0 Å². The number of nitrogens with one attached hydrogen (secondary N) is 1. The van der Waals surface area contributed by atoms with Gasteiger partial charge in [-0.15, -0.1) is 0 Å². The lowest BCUT2D eigenvalue weighted by molar-refractivity contribution is -0.151. The Hall–Kier alpha value is -2.05. The van der Waals surface area contributed by atoms with Gasteiger partial charge in [-0.3, -0.25) is 9.59 Å². The first-order valence-electron chi connectivity index (χ1n) is 5.85. The number of carbonyl (C=O) groups is 2. The van der Waals surface area contributed by atoms with Crippen molar-refractivity contribution in [1.29, 1.82) is 0 Å². The summed E-state index contributed by atoms with van der Waals surface area (Å²) in [6.45, 7) is 0.423. The van der Waals surface area contributed by atoms with Crippen LogP contribution in [-0.4, -0.2) is 29.7 Å². The Morgan fingerprint density at radius 2 is 1.80 bits per heavy atom. The quantitative estimate of drug-likeness (QED) is 0.816. The average Bonchev–Trinajstić information content (AvgIpc) is 2.37. The van der Waals surface area contributed by atoms with Crippen LogP contribution < -0.4 is 5.32 Å². The standard InChI is InChI=1S/C13H14F3NO3/c1-8(12(19)20)11(18)17-7-10(13(14,15)16)9-5-3-2-4-6-9/h2-6,8,10H,7H2,1H3,(H,17,18)(H,19,20). The Kier molecular flexibility index (Phi) is 5.12. The molecule has 0 aliphatic heterocycles. The minimum atomic E-state index is -4.53. The zero-order chi connectivity index (χ0) is 15.3. The lowest BCUT2D eigenvalue weighted by Gasteiger charge is -2.21. The molecule has 1 amide bonds. The Balaban J connectivity index is 2.79. The maximum Gasteiger partial charge on any atom is 0.397 e. The summed E-state index contributed by atoms with van der Waals surface area (Å²) in [5.74, 6) is -5.58. The summed E-state index contributed by atoms with van der Waals surface area (Å²) < 4.78 is 38.8. The van der Waals surface area contributed by atoms with Crippen molar-refractivity contribution < 1.29 is 27.9 Å². The topological polar surface area (TPSA) is 66.4 Å². The smallest absolute Gasteiger partial charge is 0.397 e. The number of hydrogen-bond donors (Lipinski definition) is 2. The molecule has 0 fully saturated rings. The minimum absolute atomic E-state index is 0.0169. The first-order chi connectivity index (χ1) is 9.23. The third-order valence-electron chi connectivity index (χ3n) is 2.84. The van der Waals surface area contributed by atoms with E-state index >= 15 is 0 Å². The second kappa shape index (κ2) is 6.40. The summed E-state index contributed by atoms with van der Waals surface area (Å²) in [6.07, 6.45) is -4.53. The van der Waals surface area contributed by atoms with Crippen LogP contribution in [0.4, 0.5) is 13.2 Å². The molecule has 4 nitrogen and oxygen atoms in total. The molecule has 20 heavy (non-hydrogen) atoms. The molecule has 2 unspecified atom stereocenters. The molecule has 2 N–H and O–H groups in total.